The Morgan fingerprint density at radius 3 is 2.37 bits per heavy atom. The lowest BCUT2D eigenvalue weighted by Gasteiger charge is -2.40. The molecule has 2 atom stereocenters. The van der Waals surface area contributed by atoms with Gasteiger partial charge in [0, 0.05) is 39.2 Å². The Bertz CT molecular complexity index is 795. The molecule has 0 radical (unpaired) electrons. The lowest BCUT2D eigenvalue weighted by molar-refractivity contribution is -0.133. The number of hydrogen-bond acceptors (Lipinski definition) is 4. The molecule has 0 bridgehead atoms. The zero-order valence-corrected chi connectivity index (χ0v) is 17.8. The summed E-state index contributed by atoms with van der Waals surface area (Å²) in [5, 5.41) is 0. The van der Waals surface area contributed by atoms with Gasteiger partial charge in [-0.3, -0.25) is 9.69 Å². The van der Waals surface area contributed by atoms with Crippen molar-refractivity contribution in [3.05, 3.63) is 65.7 Å². The second-order valence-corrected chi connectivity index (χ2v) is 8.18. The van der Waals surface area contributed by atoms with Gasteiger partial charge in [-0.25, -0.2) is 0 Å². The van der Waals surface area contributed by atoms with E-state index >= 15 is 0 Å². The highest BCUT2D eigenvalue weighted by Crippen LogP contribution is 2.31. The summed E-state index contributed by atoms with van der Waals surface area (Å²) in [6, 6.07) is 19.1. The van der Waals surface area contributed by atoms with Crippen LogP contribution in [0, 0.1) is 0 Å². The summed E-state index contributed by atoms with van der Waals surface area (Å²) in [6.07, 6.45) is 3.97. The molecule has 2 saturated heterocycles. The monoisotopic (exact) mass is 408 g/mol. The summed E-state index contributed by atoms with van der Waals surface area (Å²) in [7, 11) is 1.69. The Balaban J connectivity index is 1.40. The number of carbonyl (C=O) groups is 1. The van der Waals surface area contributed by atoms with E-state index in [1.54, 1.807) is 7.11 Å². The normalized spacial score (nSPS) is 20.8. The average molecular weight is 409 g/mol. The fraction of sp³-hybridized carbons (Fsp3) is 0.480. The first kappa shape index (κ1) is 20.9. The number of methoxy groups -OCH3 is 1. The minimum atomic E-state index is 0.182. The molecule has 0 aromatic heterocycles. The summed E-state index contributed by atoms with van der Waals surface area (Å²) >= 11 is 0. The molecule has 30 heavy (non-hydrogen) atoms. The fourth-order valence-electron chi connectivity index (χ4n) is 4.58. The third kappa shape index (κ3) is 5.02. The molecule has 0 N–H and O–H groups in total. The number of piperazine rings is 1. The molecule has 0 aliphatic carbocycles. The molecule has 2 aliphatic rings. The SMILES string of the molecule is COc1ccc(C(c2ccccc2)N2CCN(C(=O)CCC3CCCO3)CC2)cc1. The molecule has 5 heteroatoms. The van der Waals surface area contributed by atoms with Gasteiger partial charge in [-0.05, 0) is 42.5 Å². The van der Waals surface area contributed by atoms with Crippen molar-refractivity contribution in [2.24, 2.45) is 0 Å². The molecular weight excluding hydrogens is 376 g/mol. The number of ether oxygens (including phenoxy) is 2. The van der Waals surface area contributed by atoms with E-state index in [-0.39, 0.29) is 18.1 Å². The maximum Gasteiger partial charge on any atom is 0.222 e. The van der Waals surface area contributed by atoms with Crippen molar-refractivity contribution in [3.8, 4) is 5.75 Å². The molecule has 4 rings (SSSR count). The zero-order valence-electron chi connectivity index (χ0n) is 17.8. The van der Waals surface area contributed by atoms with Crippen LogP contribution in [0.5, 0.6) is 5.75 Å². The molecule has 2 unspecified atom stereocenters. The zero-order chi connectivity index (χ0) is 20.8. The van der Waals surface area contributed by atoms with Gasteiger partial charge in [0.25, 0.3) is 0 Å². The van der Waals surface area contributed by atoms with E-state index in [2.05, 4.69) is 47.4 Å². The van der Waals surface area contributed by atoms with Crippen molar-refractivity contribution < 1.29 is 14.3 Å². The molecule has 0 spiro atoms. The Labute approximate surface area is 179 Å². The van der Waals surface area contributed by atoms with Crippen LogP contribution >= 0.6 is 0 Å². The van der Waals surface area contributed by atoms with Crippen molar-refractivity contribution in [2.75, 3.05) is 39.9 Å². The Morgan fingerprint density at radius 1 is 1.03 bits per heavy atom. The first-order valence-electron chi connectivity index (χ1n) is 11.1. The van der Waals surface area contributed by atoms with Crippen molar-refractivity contribution >= 4 is 5.91 Å². The van der Waals surface area contributed by atoms with Crippen LogP contribution in [0.3, 0.4) is 0 Å². The lowest BCUT2D eigenvalue weighted by atomic mass is 9.96. The van der Waals surface area contributed by atoms with E-state index in [4.69, 9.17) is 9.47 Å². The van der Waals surface area contributed by atoms with Gasteiger partial charge in [0.2, 0.25) is 5.91 Å². The predicted molar refractivity (Wildman–Crippen MR) is 118 cm³/mol. The Morgan fingerprint density at radius 2 is 1.73 bits per heavy atom. The quantitative estimate of drug-likeness (QED) is 0.697. The van der Waals surface area contributed by atoms with Gasteiger partial charge < -0.3 is 14.4 Å². The van der Waals surface area contributed by atoms with Crippen LogP contribution in [0.1, 0.15) is 42.9 Å². The predicted octanol–water partition coefficient (Wildman–Crippen LogP) is 3.89. The molecule has 0 saturated carbocycles. The highest BCUT2D eigenvalue weighted by atomic mass is 16.5. The number of amides is 1. The summed E-state index contributed by atoms with van der Waals surface area (Å²) in [6.45, 7) is 4.16. The van der Waals surface area contributed by atoms with E-state index in [1.165, 1.54) is 11.1 Å². The van der Waals surface area contributed by atoms with E-state index in [1.807, 2.05) is 17.0 Å². The molecule has 1 amide bonds. The van der Waals surface area contributed by atoms with Crippen LogP contribution in [-0.4, -0.2) is 61.7 Å². The molecule has 160 valence electrons. The van der Waals surface area contributed by atoms with Gasteiger partial charge in [-0.15, -0.1) is 0 Å². The fourth-order valence-corrected chi connectivity index (χ4v) is 4.58. The van der Waals surface area contributed by atoms with Gasteiger partial charge in [-0.2, -0.15) is 0 Å². The first-order chi connectivity index (χ1) is 14.7. The molecule has 5 nitrogen and oxygen atoms in total. The first-order valence-corrected chi connectivity index (χ1v) is 11.1. The van der Waals surface area contributed by atoms with Gasteiger partial charge in [0.05, 0.1) is 19.3 Å². The van der Waals surface area contributed by atoms with Gasteiger partial charge in [-0.1, -0.05) is 42.5 Å². The van der Waals surface area contributed by atoms with Crippen LogP contribution in [0.2, 0.25) is 0 Å². The Kier molecular flexibility index (Phi) is 7.03. The highest BCUT2D eigenvalue weighted by Gasteiger charge is 2.28. The third-order valence-corrected chi connectivity index (χ3v) is 6.28. The average Bonchev–Trinajstić information content (AvgIpc) is 3.33. The maximum atomic E-state index is 12.7. The van der Waals surface area contributed by atoms with E-state index < -0.39 is 0 Å². The van der Waals surface area contributed by atoms with E-state index in [0.717, 1.165) is 57.8 Å². The van der Waals surface area contributed by atoms with E-state index in [0.29, 0.717) is 6.42 Å². The number of hydrogen-bond donors (Lipinski definition) is 0. The number of nitrogens with zero attached hydrogens (tertiary/aromatic N) is 2. The van der Waals surface area contributed by atoms with Crippen molar-refractivity contribution in [3.63, 3.8) is 0 Å². The topological polar surface area (TPSA) is 42.0 Å². The van der Waals surface area contributed by atoms with Crippen LogP contribution < -0.4 is 4.74 Å². The number of carbonyl (C=O) groups excluding carboxylic acids is 1. The van der Waals surface area contributed by atoms with E-state index in [9.17, 15) is 4.79 Å². The van der Waals surface area contributed by atoms with Crippen molar-refractivity contribution in [1.82, 2.24) is 9.80 Å². The summed E-state index contributed by atoms with van der Waals surface area (Å²) in [5.74, 6) is 1.14. The highest BCUT2D eigenvalue weighted by molar-refractivity contribution is 5.76. The van der Waals surface area contributed by atoms with Crippen LogP contribution in [0.4, 0.5) is 0 Å². The smallest absolute Gasteiger partial charge is 0.222 e. The molecule has 2 aliphatic heterocycles. The van der Waals surface area contributed by atoms with Crippen molar-refractivity contribution in [2.45, 2.75) is 37.8 Å². The second-order valence-electron chi connectivity index (χ2n) is 8.18. The molecule has 2 heterocycles. The molecular formula is C25H32N2O3. The number of benzene rings is 2. The van der Waals surface area contributed by atoms with Gasteiger partial charge in [0.15, 0.2) is 0 Å². The maximum absolute atomic E-state index is 12.7. The van der Waals surface area contributed by atoms with Crippen LogP contribution in [0.15, 0.2) is 54.6 Å². The minimum Gasteiger partial charge on any atom is -0.497 e. The second kappa shape index (κ2) is 10.1. The summed E-state index contributed by atoms with van der Waals surface area (Å²) in [4.78, 5) is 17.2. The Hall–Kier alpha value is -2.37. The standard InChI is InChI=1S/C25H32N2O3/c1-29-22-11-9-21(10-12-22)25(20-6-3-2-4-7-20)27-17-15-26(16-18-27)24(28)14-13-23-8-5-19-30-23/h2-4,6-7,9-12,23,25H,5,8,13-19H2,1H3. The molecule has 2 aromatic carbocycles. The summed E-state index contributed by atoms with van der Waals surface area (Å²) in [5.41, 5.74) is 2.53. The minimum absolute atomic E-state index is 0.182. The van der Waals surface area contributed by atoms with Crippen LogP contribution in [-0.2, 0) is 9.53 Å². The molecule has 2 aromatic rings. The van der Waals surface area contributed by atoms with Gasteiger partial charge in [0.1, 0.15) is 5.75 Å². The summed E-state index contributed by atoms with van der Waals surface area (Å²) < 4.78 is 11.0. The van der Waals surface area contributed by atoms with Crippen molar-refractivity contribution in [1.29, 1.82) is 0 Å². The number of rotatable bonds is 7. The van der Waals surface area contributed by atoms with Gasteiger partial charge >= 0.3 is 0 Å². The lowest BCUT2D eigenvalue weighted by Crippen LogP contribution is -2.49. The molecule has 2 fully saturated rings. The third-order valence-electron chi connectivity index (χ3n) is 6.28. The largest absolute Gasteiger partial charge is 0.497 e. The van der Waals surface area contributed by atoms with Crippen LogP contribution in [0.25, 0.3) is 0 Å².